The zero-order valence-electron chi connectivity index (χ0n) is 15.0. The minimum Gasteiger partial charge on any atom is -0.486 e. The summed E-state index contributed by atoms with van der Waals surface area (Å²) in [4.78, 5) is 16.5. The molecule has 2 heterocycles. The van der Waals surface area contributed by atoms with Crippen LogP contribution in [-0.4, -0.2) is 27.2 Å². The van der Waals surface area contributed by atoms with E-state index in [4.69, 9.17) is 16.3 Å². The quantitative estimate of drug-likeness (QED) is 0.555. The van der Waals surface area contributed by atoms with E-state index in [1.165, 1.54) is 16.9 Å². The monoisotopic (exact) mass is 404 g/mol. The summed E-state index contributed by atoms with van der Waals surface area (Å²) < 4.78 is 7.45. The molecule has 1 aromatic carbocycles. The van der Waals surface area contributed by atoms with Crippen molar-refractivity contribution in [2.75, 3.05) is 6.54 Å². The molecule has 0 atom stereocenters. The van der Waals surface area contributed by atoms with E-state index in [1.807, 2.05) is 37.0 Å². The molecule has 0 spiro atoms. The first-order chi connectivity index (χ1) is 13.1. The number of halogens is 1. The van der Waals surface area contributed by atoms with Crippen LogP contribution in [0.25, 0.3) is 0 Å². The minimum atomic E-state index is -0.0170. The second-order valence-electron chi connectivity index (χ2n) is 6.13. The first-order valence-electron chi connectivity index (χ1n) is 8.64. The Morgan fingerprint density at radius 1 is 1.33 bits per heavy atom. The van der Waals surface area contributed by atoms with Crippen LogP contribution < -0.4 is 10.1 Å². The second-order valence-corrected chi connectivity index (χ2v) is 7.51. The van der Waals surface area contributed by atoms with E-state index < -0.39 is 0 Å². The minimum absolute atomic E-state index is 0.0170. The van der Waals surface area contributed by atoms with Gasteiger partial charge in [0.25, 0.3) is 0 Å². The van der Waals surface area contributed by atoms with E-state index in [-0.39, 0.29) is 12.3 Å². The van der Waals surface area contributed by atoms with Crippen LogP contribution in [0, 0.1) is 0 Å². The van der Waals surface area contributed by atoms with Gasteiger partial charge in [0, 0.05) is 30.2 Å². The van der Waals surface area contributed by atoms with Crippen molar-refractivity contribution in [3.05, 3.63) is 63.3 Å². The fourth-order valence-corrected chi connectivity index (χ4v) is 3.35. The van der Waals surface area contributed by atoms with Crippen molar-refractivity contribution in [1.29, 1.82) is 0 Å². The third kappa shape index (κ3) is 6.37. The summed E-state index contributed by atoms with van der Waals surface area (Å²) in [6, 6.07) is 7.19. The van der Waals surface area contributed by atoms with E-state index in [0.717, 1.165) is 29.3 Å². The third-order valence-corrected chi connectivity index (χ3v) is 4.96. The van der Waals surface area contributed by atoms with Crippen LogP contribution in [0.2, 0.25) is 5.02 Å². The van der Waals surface area contributed by atoms with Crippen LogP contribution in [0.1, 0.15) is 22.7 Å². The summed E-state index contributed by atoms with van der Waals surface area (Å²) in [5.74, 6) is 0.721. The maximum atomic E-state index is 12.0. The van der Waals surface area contributed by atoms with Gasteiger partial charge in [0.15, 0.2) is 0 Å². The molecule has 0 bridgehead atoms. The molecule has 3 aromatic rings. The number of benzene rings is 1. The van der Waals surface area contributed by atoms with Gasteiger partial charge < -0.3 is 10.1 Å². The van der Waals surface area contributed by atoms with Gasteiger partial charge >= 0.3 is 0 Å². The number of nitrogens with zero attached hydrogens (tertiary/aromatic N) is 3. The van der Waals surface area contributed by atoms with Crippen molar-refractivity contribution >= 4 is 28.8 Å². The van der Waals surface area contributed by atoms with Gasteiger partial charge in [-0.15, -0.1) is 11.3 Å². The number of carbonyl (C=O) groups is 1. The number of thiazole rings is 1. The number of rotatable bonds is 9. The molecule has 1 N–H and O–H groups in total. The van der Waals surface area contributed by atoms with Gasteiger partial charge in [-0.25, -0.2) is 4.98 Å². The van der Waals surface area contributed by atoms with Gasteiger partial charge in [-0.2, -0.15) is 5.10 Å². The first-order valence-corrected chi connectivity index (χ1v) is 9.90. The lowest BCUT2D eigenvalue weighted by molar-refractivity contribution is -0.120. The molecule has 0 saturated carbocycles. The molecule has 0 radical (unpaired) electrons. The van der Waals surface area contributed by atoms with Crippen LogP contribution in [0.5, 0.6) is 5.75 Å². The fourth-order valence-electron chi connectivity index (χ4n) is 2.52. The average Bonchev–Trinajstić information content (AvgIpc) is 3.27. The smallest absolute Gasteiger partial charge is 0.226 e. The van der Waals surface area contributed by atoms with Crippen LogP contribution in [-0.2, 0) is 31.3 Å². The SMILES string of the molecule is Cn1cc(CCCNC(=O)Cc2csc(COc3ccc(Cl)cc3)n2)cn1. The fraction of sp³-hybridized carbons (Fsp3) is 0.316. The molecule has 8 heteroatoms. The van der Waals surface area contributed by atoms with Crippen molar-refractivity contribution in [3.63, 3.8) is 0 Å². The van der Waals surface area contributed by atoms with Crippen LogP contribution in [0.3, 0.4) is 0 Å². The Kier molecular flexibility index (Phi) is 6.84. The third-order valence-electron chi connectivity index (χ3n) is 3.84. The lowest BCUT2D eigenvalue weighted by Gasteiger charge is -2.04. The number of aryl methyl sites for hydroxylation is 2. The summed E-state index contributed by atoms with van der Waals surface area (Å²) >= 11 is 7.34. The van der Waals surface area contributed by atoms with Gasteiger partial charge in [0.2, 0.25) is 5.91 Å². The van der Waals surface area contributed by atoms with E-state index in [1.54, 1.807) is 16.8 Å². The molecule has 3 rings (SSSR count). The Bertz CT molecular complexity index is 876. The number of hydrogen-bond donors (Lipinski definition) is 1. The lowest BCUT2D eigenvalue weighted by atomic mass is 10.2. The summed E-state index contributed by atoms with van der Waals surface area (Å²) in [6.07, 6.45) is 5.91. The Labute approximate surface area is 167 Å². The highest BCUT2D eigenvalue weighted by Crippen LogP contribution is 2.18. The molecule has 0 fully saturated rings. The number of aromatic nitrogens is 3. The molecule has 6 nitrogen and oxygen atoms in total. The largest absolute Gasteiger partial charge is 0.486 e. The summed E-state index contributed by atoms with van der Waals surface area (Å²) in [6.45, 7) is 1.02. The molecular formula is C19H21ClN4O2S. The molecular weight excluding hydrogens is 384 g/mol. The van der Waals surface area contributed by atoms with Crippen molar-refractivity contribution < 1.29 is 9.53 Å². The molecule has 0 aliphatic heterocycles. The summed E-state index contributed by atoms with van der Waals surface area (Å²) in [7, 11) is 1.90. The number of amides is 1. The highest BCUT2D eigenvalue weighted by atomic mass is 35.5. The van der Waals surface area contributed by atoms with Crippen molar-refractivity contribution in [2.45, 2.75) is 25.9 Å². The molecule has 142 valence electrons. The van der Waals surface area contributed by atoms with Gasteiger partial charge in [-0.3, -0.25) is 9.48 Å². The van der Waals surface area contributed by atoms with E-state index in [0.29, 0.717) is 18.2 Å². The van der Waals surface area contributed by atoms with Gasteiger partial charge in [0.05, 0.1) is 18.3 Å². The highest BCUT2D eigenvalue weighted by molar-refractivity contribution is 7.09. The Morgan fingerprint density at radius 3 is 2.89 bits per heavy atom. The van der Waals surface area contributed by atoms with Crippen LogP contribution >= 0.6 is 22.9 Å². The van der Waals surface area contributed by atoms with Gasteiger partial charge in [-0.05, 0) is 42.7 Å². The van der Waals surface area contributed by atoms with E-state index in [2.05, 4.69) is 15.4 Å². The summed E-state index contributed by atoms with van der Waals surface area (Å²) in [5.41, 5.74) is 1.94. The summed E-state index contributed by atoms with van der Waals surface area (Å²) in [5, 5.41) is 10.5. The first kappa shape index (κ1) is 19.4. The van der Waals surface area contributed by atoms with E-state index in [9.17, 15) is 4.79 Å². The highest BCUT2D eigenvalue weighted by Gasteiger charge is 2.08. The molecule has 27 heavy (non-hydrogen) atoms. The molecule has 0 aliphatic carbocycles. The predicted octanol–water partition coefficient (Wildman–Crippen LogP) is 3.40. The van der Waals surface area contributed by atoms with Crippen LogP contribution in [0.15, 0.2) is 42.0 Å². The molecule has 2 aromatic heterocycles. The van der Waals surface area contributed by atoms with Gasteiger partial charge in [0.1, 0.15) is 17.4 Å². The second kappa shape index (κ2) is 9.53. The Hall–Kier alpha value is -2.38. The number of hydrogen-bond acceptors (Lipinski definition) is 5. The molecule has 0 unspecified atom stereocenters. The zero-order chi connectivity index (χ0) is 19.1. The number of carbonyl (C=O) groups excluding carboxylic acids is 1. The maximum Gasteiger partial charge on any atom is 0.226 e. The number of ether oxygens (including phenoxy) is 1. The molecule has 0 saturated heterocycles. The zero-order valence-corrected chi connectivity index (χ0v) is 16.6. The maximum absolute atomic E-state index is 12.0. The molecule has 1 amide bonds. The number of nitrogens with one attached hydrogen (secondary N) is 1. The Morgan fingerprint density at radius 2 is 2.15 bits per heavy atom. The van der Waals surface area contributed by atoms with Gasteiger partial charge in [-0.1, -0.05) is 11.6 Å². The van der Waals surface area contributed by atoms with Crippen molar-refractivity contribution in [3.8, 4) is 5.75 Å². The van der Waals surface area contributed by atoms with E-state index >= 15 is 0 Å². The van der Waals surface area contributed by atoms with Crippen LogP contribution in [0.4, 0.5) is 0 Å². The van der Waals surface area contributed by atoms with Crippen molar-refractivity contribution in [2.24, 2.45) is 7.05 Å². The topological polar surface area (TPSA) is 69.0 Å². The normalized spacial score (nSPS) is 10.7. The molecule has 0 aliphatic rings. The predicted molar refractivity (Wildman–Crippen MR) is 106 cm³/mol. The Balaban J connectivity index is 1.36. The average molecular weight is 405 g/mol. The van der Waals surface area contributed by atoms with Crippen molar-refractivity contribution in [1.82, 2.24) is 20.1 Å². The lowest BCUT2D eigenvalue weighted by Crippen LogP contribution is -2.26. The standard InChI is InChI=1S/C19H21ClN4O2S/c1-24-11-14(10-22-24)3-2-8-21-18(25)9-16-13-27-19(23-16)12-26-17-6-4-15(20)5-7-17/h4-7,10-11,13H,2-3,8-9,12H2,1H3,(H,21,25).